The van der Waals surface area contributed by atoms with Crippen molar-refractivity contribution >= 4 is 17.5 Å². The van der Waals surface area contributed by atoms with E-state index in [1.54, 1.807) is 4.90 Å². The van der Waals surface area contributed by atoms with E-state index in [9.17, 15) is 9.59 Å². The van der Waals surface area contributed by atoms with Crippen LogP contribution in [0.25, 0.3) is 0 Å². The average Bonchev–Trinajstić information content (AvgIpc) is 3.22. The zero-order chi connectivity index (χ0) is 18.8. The number of rotatable bonds is 4. The summed E-state index contributed by atoms with van der Waals surface area (Å²) in [5.41, 5.74) is 2.80. The predicted molar refractivity (Wildman–Crippen MR) is 106 cm³/mol. The van der Waals surface area contributed by atoms with E-state index in [4.69, 9.17) is 0 Å². The number of carbonyl (C=O) groups is 2. The number of nitrogens with zero attached hydrogens (tertiary/aromatic N) is 4. The standard InChI is InChI=1S/C21H30N4O2/c1-22-19-6-4-18(16-17(19)5-7-20(22)26)21(27)25-14-12-24(13-15-25)11-10-23-8-2-3-9-23/h4,6,16H,2-3,5,7-15H2,1H3. The fourth-order valence-corrected chi connectivity index (χ4v) is 4.44. The van der Waals surface area contributed by atoms with Gasteiger partial charge < -0.3 is 14.7 Å². The zero-order valence-corrected chi connectivity index (χ0v) is 16.3. The topological polar surface area (TPSA) is 47.1 Å². The molecule has 6 heteroatoms. The van der Waals surface area contributed by atoms with Crippen molar-refractivity contribution in [1.29, 1.82) is 0 Å². The summed E-state index contributed by atoms with van der Waals surface area (Å²) in [6.07, 6.45) is 3.93. The third-order valence-corrected chi connectivity index (χ3v) is 6.26. The minimum absolute atomic E-state index is 0.122. The predicted octanol–water partition coefficient (Wildman–Crippen LogP) is 1.45. The van der Waals surface area contributed by atoms with Gasteiger partial charge in [-0.1, -0.05) is 0 Å². The van der Waals surface area contributed by atoms with E-state index in [-0.39, 0.29) is 11.8 Å². The Hall–Kier alpha value is -1.92. The summed E-state index contributed by atoms with van der Waals surface area (Å²) >= 11 is 0. The quantitative estimate of drug-likeness (QED) is 0.805. The molecule has 0 unspecified atom stereocenters. The molecule has 2 amide bonds. The fourth-order valence-electron chi connectivity index (χ4n) is 4.44. The molecule has 3 aliphatic heterocycles. The van der Waals surface area contributed by atoms with Crippen LogP contribution in [0.1, 0.15) is 35.2 Å². The summed E-state index contributed by atoms with van der Waals surface area (Å²) in [6, 6.07) is 5.78. The highest BCUT2D eigenvalue weighted by Gasteiger charge is 2.25. The first kappa shape index (κ1) is 18.4. The molecule has 0 spiro atoms. The van der Waals surface area contributed by atoms with Gasteiger partial charge in [0, 0.05) is 64.0 Å². The van der Waals surface area contributed by atoms with E-state index >= 15 is 0 Å². The Morgan fingerprint density at radius 1 is 0.926 bits per heavy atom. The molecule has 27 heavy (non-hydrogen) atoms. The second-order valence-corrected chi connectivity index (χ2v) is 7.98. The molecule has 0 N–H and O–H groups in total. The minimum atomic E-state index is 0.122. The molecule has 6 nitrogen and oxygen atoms in total. The van der Waals surface area contributed by atoms with Gasteiger partial charge in [0.05, 0.1) is 0 Å². The number of fused-ring (bicyclic) bond motifs is 1. The van der Waals surface area contributed by atoms with E-state index in [1.807, 2.05) is 30.1 Å². The first-order valence-corrected chi connectivity index (χ1v) is 10.3. The van der Waals surface area contributed by atoms with Crippen molar-refractivity contribution in [3.8, 4) is 0 Å². The SMILES string of the molecule is CN1C(=O)CCc2cc(C(=O)N3CCN(CCN4CCCC4)CC3)ccc21. The number of hydrogen-bond acceptors (Lipinski definition) is 4. The maximum atomic E-state index is 12.9. The van der Waals surface area contributed by atoms with E-state index < -0.39 is 0 Å². The number of aryl methyl sites for hydroxylation is 1. The van der Waals surface area contributed by atoms with Gasteiger partial charge in [-0.3, -0.25) is 14.5 Å². The van der Waals surface area contributed by atoms with Crippen molar-refractivity contribution in [2.24, 2.45) is 0 Å². The van der Waals surface area contributed by atoms with Crippen LogP contribution in [0.4, 0.5) is 5.69 Å². The van der Waals surface area contributed by atoms with Crippen molar-refractivity contribution in [2.75, 3.05) is 64.3 Å². The number of likely N-dealkylation sites (tertiary alicyclic amines) is 1. The molecular weight excluding hydrogens is 340 g/mol. The van der Waals surface area contributed by atoms with Gasteiger partial charge >= 0.3 is 0 Å². The Morgan fingerprint density at radius 3 is 2.30 bits per heavy atom. The first-order valence-electron chi connectivity index (χ1n) is 10.3. The number of amides is 2. The molecule has 1 aromatic carbocycles. The minimum Gasteiger partial charge on any atom is -0.336 e. The molecule has 0 atom stereocenters. The molecule has 0 bridgehead atoms. The smallest absolute Gasteiger partial charge is 0.253 e. The lowest BCUT2D eigenvalue weighted by Crippen LogP contribution is -2.50. The molecule has 2 saturated heterocycles. The number of carbonyl (C=O) groups excluding carboxylic acids is 2. The van der Waals surface area contributed by atoms with Gasteiger partial charge in [-0.15, -0.1) is 0 Å². The van der Waals surface area contributed by atoms with Crippen LogP contribution in [0.3, 0.4) is 0 Å². The number of piperazine rings is 1. The Bertz CT molecular complexity index is 706. The lowest BCUT2D eigenvalue weighted by atomic mass is 9.98. The van der Waals surface area contributed by atoms with Gasteiger partial charge in [-0.2, -0.15) is 0 Å². The van der Waals surface area contributed by atoms with Gasteiger partial charge in [0.2, 0.25) is 5.91 Å². The van der Waals surface area contributed by atoms with Gasteiger partial charge in [0.1, 0.15) is 0 Å². The maximum Gasteiger partial charge on any atom is 0.253 e. The van der Waals surface area contributed by atoms with Crippen LogP contribution in [-0.2, 0) is 11.2 Å². The number of anilines is 1. The van der Waals surface area contributed by atoms with Crippen LogP contribution in [0.15, 0.2) is 18.2 Å². The van der Waals surface area contributed by atoms with Crippen LogP contribution in [0, 0.1) is 0 Å². The second-order valence-electron chi connectivity index (χ2n) is 7.98. The number of hydrogen-bond donors (Lipinski definition) is 0. The van der Waals surface area contributed by atoms with Crippen LogP contribution in [-0.4, -0.2) is 85.9 Å². The Balaban J connectivity index is 1.32. The van der Waals surface area contributed by atoms with Crippen molar-refractivity contribution < 1.29 is 9.59 Å². The average molecular weight is 370 g/mol. The van der Waals surface area contributed by atoms with Crippen LogP contribution in [0.2, 0.25) is 0 Å². The largest absolute Gasteiger partial charge is 0.336 e. The Kier molecular flexibility index (Phi) is 5.45. The fraction of sp³-hybridized carbons (Fsp3) is 0.619. The van der Waals surface area contributed by atoms with Gasteiger partial charge in [-0.05, 0) is 56.1 Å². The molecular formula is C21H30N4O2. The van der Waals surface area contributed by atoms with Crippen molar-refractivity contribution in [3.05, 3.63) is 29.3 Å². The highest BCUT2D eigenvalue weighted by Crippen LogP contribution is 2.28. The van der Waals surface area contributed by atoms with Crippen molar-refractivity contribution in [3.63, 3.8) is 0 Å². The summed E-state index contributed by atoms with van der Waals surface area (Å²) in [6.45, 7) is 8.29. The Labute approximate surface area is 161 Å². The summed E-state index contributed by atoms with van der Waals surface area (Å²) in [5.74, 6) is 0.267. The van der Waals surface area contributed by atoms with Crippen LogP contribution in [0.5, 0.6) is 0 Å². The molecule has 146 valence electrons. The number of benzene rings is 1. The van der Waals surface area contributed by atoms with E-state index in [2.05, 4.69) is 9.80 Å². The summed E-state index contributed by atoms with van der Waals surface area (Å²) < 4.78 is 0. The lowest BCUT2D eigenvalue weighted by molar-refractivity contribution is -0.118. The van der Waals surface area contributed by atoms with Crippen molar-refractivity contribution in [1.82, 2.24) is 14.7 Å². The summed E-state index contributed by atoms with van der Waals surface area (Å²) in [4.78, 5) is 33.5. The highest BCUT2D eigenvalue weighted by atomic mass is 16.2. The van der Waals surface area contributed by atoms with Crippen molar-refractivity contribution in [2.45, 2.75) is 25.7 Å². The molecule has 0 radical (unpaired) electrons. The zero-order valence-electron chi connectivity index (χ0n) is 16.3. The van der Waals surface area contributed by atoms with Gasteiger partial charge in [0.15, 0.2) is 0 Å². The van der Waals surface area contributed by atoms with Gasteiger partial charge in [-0.25, -0.2) is 0 Å². The third kappa shape index (κ3) is 4.01. The molecule has 1 aromatic rings. The first-order chi connectivity index (χ1) is 13.1. The molecule has 3 aliphatic rings. The third-order valence-electron chi connectivity index (χ3n) is 6.26. The monoisotopic (exact) mass is 370 g/mol. The highest BCUT2D eigenvalue weighted by molar-refractivity contribution is 5.99. The molecule has 3 heterocycles. The maximum absolute atomic E-state index is 12.9. The van der Waals surface area contributed by atoms with Gasteiger partial charge in [0.25, 0.3) is 5.91 Å². The van der Waals surface area contributed by atoms with E-state index in [1.165, 1.54) is 25.9 Å². The molecule has 0 aliphatic carbocycles. The second kappa shape index (κ2) is 7.98. The summed E-state index contributed by atoms with van der Waals surface area (Å²) in [5, 5.41) is 0. The lowest BCUT2D eigenvalue weighted by Gasteiger charge is -2.35. The Morgan fingerprint density at radius 2 is 1.59 bits per heavy atom. The molecule has 4 rings (SSSR count). The van der Waals surface area contributed by atoms with Crippen LogP contribution >= 0.6 is 0 Å². The van der Waals surface area contributed by atoms with E-state index in [0.29, 0.717) is 6.42 Å². The summed E-state index contributed by atoms with van der Waals surface area (Å²) in [7, 11) is 1.81. The normalized spacial score (nSPS) is 21.6. The van der Waals surface area contributed by atoms with Crippen LogP contribution < -0.4 is 4.90 Å². The van der Waals surface area contributed by atoms with E-state index in [0.717, 1.165) is 62.5 Å². The molecule has 0 aromatic heterocycles. The molecule has 2 fully saturated rings. The molecule has 0 saturated carbocycles.